The number of urea groups is 1. The van der Waals surface area contributed by atoms with Gasteiger partial charge in [0.1, 0.15) is 0 Å². The minimum absolute atomic E-state index is 0.00883. The van der Waals surface area contributed by atoms with Crippen molar-refractivity contribution in [1.82, 2.24) is 9.80 Å². The molecule has 0 atom stereocenters. The van der Waals surface area contributed by atoms with Crippen molar-refractivity contribution in [2.45, 2.75) is 25.9 Å². The zero-order valence-electron chi connectivity index (χ0n) is 16.2. The van der Waals surface area contributed by atoms with Crippen LogP contribution in [-0.2, 0) is 0 Å². The predicted octanol–water partition coefficient (Wildman–Crippen LogP) is 3.72. The van der Waals surface area contributed by atoms with Crippen molar-refractivity contribution in [3.8, 4) is 0 Å². The summed E-state index contributed by atoms with van der Waals surface area (Å²) in [7, 11) is 0. The average molecular weight is 367 g/mol. The lowest BCUT2D eigenvalue weighted by molar-refractivity contribution is 0.0505. The number of benzene rings is 2. The van der Waals surface area contributed by atoms with Gasteiger partial charge in [-0.2, -0.15) is 0 Å². The van der Waals surface area contributed by atoms with E-state index in [1.165, 1.54) is 0 Å². The highest BCUT2D eigenvalue weighted by molar-refractivity contribution is 5.99. The molecule has 5 heteroatoms. The van der Waals surface area contributed by atoms with Crippen LogP contribution in [0.4, 0.5) is 16.2 Å². The number of hydrogen-bond donors (Lipinski definition) is 1. The van der Waals surface area contributed by atoms with Gasteiger partial charge in [-0.25, -0.2) is 4.79 Å². The first kappa shape index (κ1) is 19.4. The monoisotopic (exact) mass is 367 g/mol. The average Bonchev–Trinajstić information content (AvgIpc) is 2.68. The Labute approximate surface area is 161 Å². The van der Waals surface area contributed by atoms with Crippen molar-refractivity contribution in [3.05, 3.63) is 60.7 Å². The molecular formula is C22H29N3O2. The van der Waals surface area contributed by atoms with Crippen LogP contribution in [-0.4, -0.2) is 59.3 Å². The SMILES string of the molecule is CC(C)(O)CCN1CCN(C(=O)N(c2ccccc2)c2ccccc2)CC1. The second-order valence-corrected chi connectivity index (χ2v) is 7.68. The number of rotatable bonds is 5. The lowest BCUT2D eigenvalue weighted by Crippen LogP contribution is -2.52. The number of carbonyl (C=O) groups is 1. The van der Waals surface area contributed by atoms with Crippen molar-refractivity contribution < 1.29 is 9.90 Å². The van der Waals surface area contributed by atoms with Gasteiger partial charge >= 0.3 is 6.03 Å². The molecule has 0 unspecified atom stereocenters. The molecule has 2 aromatic rings. The Morgan fingerprint density at radius 1 is 0.926 bits per heavy atom. The third-order valence-corrected chi connectivity index (χ3v) is 4.90. The van der Waals surface area contributed by atoms with E-state index in [4.69, 9.17) is 0 Å². The molecule has 144 valence electrons. The topological polar surface area (TPSA) is 47.0 Å². The molecule has 1 N–H and O–H groups in total. The maximum absolute atomic E-state index is 13.3. The zero-order valence-corrected chi connectivity index (χ0v) is 16.2. The van der Waals surface area contributed by atoms with E-state index in [1.807, 2.05) is 79.4 Å². The lowest BCUT2D eigenvalue weighted by atomic mass is 10.1. The first-order chi connectivity index (χ1) is 12.9. The van der Waals surface area contributed by atoms with Gasteiger partial charge in [0.15, 0.2) is 0 Å². The van der Waals surface area contributed by atoms with Crippen molar-refractivity contribution >= 4 is 17.4 Å². The van der Waals surface area contributed by atoms with Gasteiger partial charge in [-0.15, -0.1) is 0 Å². The van der Waals surface area contributed by atoms with Crippen molar-refractivity contribution in [2.75, 3.05) is 37.6 Å². The maximum atomic E-state index is 13.3. The first-order valence-electron chi connectivity index (χ1n) is 9.58. The summed E-state index contributed by atoms with van der Waals surface area (Å²) in [5.74, 6) is 0. The van der Waals surface area contributed by atoms with Crippen LogP contribution in [0.25, 0.3) is 0 Å². The lowest BCUT2D eigenvalue weighted by Gasteiger charge is -2.38. The quantitative estimate of drug-likeness (QED) is 0.876. The van der Waals surface area contributed by atoms with Gasteiger partial charge in [-0.3, -0.25) is 9.80 Å². The Morgan fingerprint density at radius 3 is 1.85 bits per heavy atom. The summed E-state index contributed by atoms with van der Waals surface area (Å²) in [5.41, 5.74) is 1.10. The highest BCUT2D eigenvalue weighted by Gasteiger charge is 2.27. The molecule has 1 saturated heterocycles. The highest BCUT2D eigenvalue weighted by Crippen LogP contribution is 2.27. The van der Waals surface area contributed by atoms with E-state index in [9.17, 15) is 9.90 Å². The van der Waals surface area contributed by atoms with Gasteiger partial charge in [0.05, 0.1) is 17.0 Å². The van der Waals surface area contributed by atoms with Gasteiger partial charge in [0.2, 0.25) is 0 Å². The van der Waals surface area contributed by atoms with Gasteiger partial charge in [0.25, 0.3) is 0 Å². The minimum atomic E-state index is -0.648. The molecule has 0 aliphatic carbocycles. The predicted molar refractivity (Wildman–Crippen MR) is 109 cm³/mol. The fourth-order valence-corrected chi connectivity index (χ4v) is 3.26. The van der Waals surface area contributed by atoms with Crippen LogP contribution in [0.3, 0.4) is 0 Å². The van der Waals surface area contributed by atoms with Gasteiger partial charge in [0, 0.05) is 32.7 Å². The highest BCUT2D eigenvalue weighted by atomic mass is 16.3. The standard InChI is InChI=1S/C22H29N3O2/c1-22(2,27)13-14-23-15-17-24(18-16-23)21(26)25(19-9-5-3-6-10-19)20-11-7-4-8-12-20/h3-12,27H,13-18H2,1-2H3. The molecule has 27 heavy (non-hydrogen) atoms. The number of para-hydroxylation sites is 2. The fourth-order valence-electron chi connectivity index (χ4n) is 3.26. The molecule has 2 aromatic carbocycles. The Bertz CT molecular complexity index is 681. The van der Waals surface area contributed by atoms with E-state index in [1.54, 1.807) is 4.90 Å². The molecule has 1 fully saturated rings. The summed E-state index contributed by atoms with van der Waals surface area (Å²) in [4.78, 5) is 19.3. The third kappa shape index (κ3) is 5.31. The molecule has 0 aromatic heterocycles. The molecule has 2 amide bonds. The van der Waals surface area contributed by atoms with E-state index < -0.39 is 5.60 Å². The van der Waals surface area contributed by atoms with Gasteiger partial charge in [-0.05, 0) is 44.5 Å². The molecule has 0 spiro atoms. The smallest absolute Gasteiger partial charge is 0.329 e. The molecular weight excluding hydrogens is 338 g/mol. The second kappa shape index (κ2) is 8.55. The molecule has 5 nitrogen and oxygen atoms in total. The number of carbonyl (C=O) groups excluding carboxylic acids is 1. The largest absolute Gasteiger partial charge is 0.390 e. The van der Waals surface area contributed by atoms with Crippen molar-refractivity contribution in [2.24, 2.45) is 0 Å². The van der Waals surface area contributed by atoms with Gasteiger partial charge < -0.3 is 10.0 Å². The van der Waals surface area contributed by atoms with E-state index in [0.29, 0.717) is 13.1 Å². The van der Waals surface area contributed by atoms with E-state index in [-0.39, 0.29) is 6.03 Å². The molecule has 0 saturated carbocycles. The summed E-state index contributed by atoms with van der Waals surface area (Å²) in [6.45, 7) is 7.58. The maximum Gasteiger partial charge on any atom is 0.329 e. The number of piperazine rings is 1. The van der Waals surface area contributed by atoms with Crippen LogP contribution in [0, 0.1) is 0 Å². The summed E-state index contributed by atoms with van der Waals surface area (Å²) < 4.78 is 0. The summed E-state index contributed by atoms with van der Waals surface area (Å²) in [5, 5.41) is 9.92. The number of hydrogen-bond acceptors (Lipinski definition) is 3. The summed E-state index contributed by atoms with van der Waals surface area (Å²) >= 11 is 0. The van der Waals surface area contributed by atoms with E-state index in [0.717, 1.165) is 37.4 Å². The zero-order chi connectivity index (χ0) is 19.3. The molecule has 0 bridgehead atoms. The number of amides is 2. The summed E-state index contributed by atoms with van der Waals surface area (Å²) in [6, 6.07) is 19.6. The Hall–Kier alpha value is -2.37. The Kier molecular flexibility index (Phi) is 6.14. The first-order valence-corrected chi connectivity index (χ1v) is 9.58. The normalized spacial score (nSPS) is 15.6. The van der Waals surface area contributed by atoms with Crippen LogP contribution in [0.15, 0.2) is 60.7 Å². The molecule has 3 rings (SSSR count). The van der Waals surface area contributed by atoms with E-state index >= 15 is 0 Å². The minimum Gasteiger partial charge on any atom is -0.390 e. The van der Waals surface area contributed by atoms with Crippen LogP contribution in [0.2, 0.25) is 0 Å². The number of nitrogens with zero attached hydrogens (tertiary/aromatic N) is 3. The molecule has 1 heterocycles. The van der Waals surface area contributed by atoms with Crippen LogP contribution in [0.1, 0.15) is 20.3 Å². The Morgan fingerprint density at radius 2 is 1.41 bits per heavy atom. The van der Waals surface area contributed by atoms with Crippen LogP contribution < -0.4 is 4.90 Å². The van der Waals surface area contributed by atoms with E-state index in [2.05, 4.69) is 4.90 Å². The number of aliphatic hydroxyl groups is 1. The third-order valence-electron chi connectivity index (χ3n) is 4.90. The van der Waals surface area contributed by atoms with Crippen molar-refractivity contribution in [1.29, 1.82) is 0 Å². The van der Waals surface area contributed by atoms with Crippen LogP contribution >= 0.6 is 0 Å². The fraction of sp³-hybridized carbons (Fsp3) is 0.409. The Balaban J connectivity index is 1.69. The molecule has 1 aliphatic rings. The van der Waals surface area contributed by atoms with Crippen LogP contribution in [0.5, 0.6) is 0 Å². The van der Waals surface area contributed by atoms with Gasteiger partial charge in [-0.1, -0.05) is 36.4 Å². The van der Waals surface area contributed by atoms with Crippen molar-refractivity contribution in [3.63, 3.8) is 0 Å². The molecule has 0 radical (unpaired) electrons. The second-order valence-electron chi connectivity index (χ2n) is 7.68. The summed E-state index contributed by atoms with van der Waals surface area (Å²) in [6.07, 6.45) is 0.737. The number of anilines is 2. The molecule has 1 aliphatic heterocycles.